The summed E-state index contributed by atoms with van der Waals surface area (Å²) in [6.45, 7) is 3.31. The van der Waals surface area contributed by atoms with Crippen molar-refractivity contribution in [1.29, 1.82) is 0 Å². The van der Waals surface area contributed by atoms with Crippen molar-refractivity contribution in [3.8, 4) is 0 Å². The zero-order valence-corrected chi connectivity index (χ0v) is 22.1. The first-order valence-electron chi connectivity index (χ1n) is 11.1. The standard InChI is InChI=1S/C25H23BrCl2N2O5/c1-12-8-21(13(2)7-18(12)26)29-22(31)11-35-25(34)14-3-5-15(6-4-14)30-23(32)16-9-19(27)20(28)10-17(16)24(30)33/h3-8,16-17,19-20H,9-11H2,1-2H3,(H,29,31)/t16-,17+,19-,20-/m0/s1. The second-order valence-corrected chi connectivity index (χ2v) is 10.8. The molecule has 4 atom stereocenters. The Morgan fingerprint density at radius 1 is 1.00 bits per heavy atom. The van der Waals surface area contributed by atoms with E-state index in [0.29, 0.717) is 24.2 Å². The molecule has 0 aromatic heterocycles. The minimum Gasteiger partial charge on any atom is -0.452 e. The average molecular weight is 582 g/mol. The predicted molar refractivity (Wildman–Crippen MR) is 137 cm³/mol. The summed E-state index contributed by atoms with van der Waals surface area (Å²) in [5.74, 6) is -2.74. The van der Waals surface area contributed by atoms with Gasteiger partial charge in [0.25, 0.3) is 5.91 Å². The highest BCUT2D eigenvalue weighted by molar-refractivity contribution is 9.10. The quantitative estimate of drug-likeness (QED) is 0.305. The van der Waals surface area contributed by atoms with Crippen molar-refractivity contribution in [2.75, 3.05) is 16.8 Å². The van der Waals surface area contributed by atoms with E-state index in [2.05, 4.69) is 21.2 Å². The summed E-state index contributed by atoms with van der Waals surface area (Å²) in [5, 5.41) is 2.01. The maximum absolute atomic E-state index is 12.9. The molecule has 0 radical (unpaired) electrons. The highest BCUT2D eigenvalue weighted by atomic mass is 79.9. The van der Waals surface area contributed by atoms with Gasteiger partial charge in [0.05, 0.1) is 33.8 Å². The Morgan fingerprint density at radius 2 is 1.57 bits per heavy atom. The molecule has 1 heterocycles. The Bertz CT molecular complexity index is 1180. The number of imide groups is 1. The van der Waals surface area contributed by atoms with Crippen LogP contribution in [0.1, 0.15) is 34.3 Å². The Morgan fingerprint density at radius 3 is 2.14 bits per heavy atom. The maximum Gasteiger partial charge on any atom is 0.338 e. The summed E-state index contributed by atoms with van der Waals surface area (Å²) in [4.78, 5) is 51.6. The molecule has 4 rings (SSSR count). The number of fused-ring (bicyclic) bond motifs is 1. The number of hydrogen-bond donors (Lipinski definition) is 1. The van der Waals surface area contributed by atoms with Gasteiger partial charge in [-0.05, 0) is 74.2 Å². The molecule has 2 fully saturated rings. The minimum atomic E-state index is -0.696. The molecule has 2 aromatic rings. The molecule has 1 saturated carbocycles. The van der Waals surface area contributed by atoms with E-state index >= 15 is 0 Å². The Labute approximate surface area is 221 Å². The van der Waals surface area contributed by atoms with Gasteiger partial charge in [-0.1, -0.05) is 15.9 Å². The number of carbonyl (C=O) groups is 4. The number of esters is 1. The molecule has 1 saturated heterocycles. The number of carbonyl (C=O) groups excluding carboxylic acids is 4. The number of amides is 3. The van der Waals surface area contributed by atoms with Gasteiger partial charge in [-0.25, -0.2) is 4.79 Å². The van der Waals surface area contributed by atoms with Gasteiger partial charge in [-0.15, -0.1) is 23.2 Å². The van der Waals surface area contributed by atoms with Gasteiger partial charge in [-0.3, -0.25) is 19.3 Å². The van der Waals surface area contributed by atoms with Crippen molar-refractivity contribution in [3.05, 3.63) is 57.6 Å². The fraction of sp³-hybridized carbons (Fsp3) is 0.360. The van der Waals surface area contributed by atoms with Gasteiger partial charge in [0.1, 0.15) is 0 Å². The first-order chi connectivity index (χ1) is 16.6. The van der Waals surface area contributed by atoms with E-state index in [1.807, 2.05) is 26.0 Å². The van der Waals surface area contributed by atoms with Crippen LogP contribution in [-0.4, -0.2) is 41.1 Å². The molecule has 1 N–H and O–H groups in total. The van der Waals surface area contributed by atoms with Gasteiger partial charge in [0, 0.05) is 10.2 Å². The second-order valence-electron chi connectivity index (χ2n) is 8.82. The number of hydrogen-bond acceptors (Lipinski definition) is 5. The summed E-state index contributed by atoms with van der Waals surface area (Å²) < 4.78 is 6.06. The zero-order valence-electron chi connectivity index (χ0n) is 19.0. The lowest BCUT2D eigenvalue weighted by Gasteiger charge is -2.28. The largest absolute Gasteiger partial charge is 0.452 e. The number of rotatable bonds is 5. The molecule has 35 heavy (non-hydrogen) atoms. The third kappa shape index (κ3) is 5.25. The molecule has 0 unspecified atom stereocenters. The topological polar surface area (TPSA) is 92.8 Å². The van der Waals surface area contributed by atoms with Crippen molar-refractivity contribution in [1.82, 2.24) is 0 Å². The normalized spacial score (nSPS) is 23.7. The van der Waals surface area contributed by atoms with Crippen LogP contribution in [0.3, 0.4) is 0 Å². The van der Waals surface area contributed by atoms with Gasteiger partial charge < -0.3 is 10.1 Å². The highest BCUT2D eigenvalue weighted by Crippen LogP contribution is 2.43. The molecule has 2 aromatic carbocycles. The van der Waals surface area contributed by atoms with Crippen LogP contribution in [0.25, 0.3) is 0 Å². The summed E-state index contributed by atoms with van der Waals surface area (Å²) in [6, 6.07) is 9.65. The van der Waals surface area contributed by atoms with E-state index in [1.165, 1.54) is 24.3 Å². The molecule has 2 aliphatic rings. The van der Waals surface area contributed by atoms with Crippen LogP contribution in [0.2, 0.25) is 0 Å². The molecule has 3 amide bonds. The van der Waals surface area contributed by atoms with E-state index in [0.717, 1.165) is 20.5 Å². The van der Waals surface area contributed by atoms with E-state index < -0.39 is 30.3 Å². The fourth-order valence-electron chi connectivity index (χ4n) is 4.41. The number of benzene rings is 2. The predicted octanol–water partition coefficient (Wildman–Crippen LogP) is 4.98. The van der Waals surface area contributed by atoms with Crippen LogP contribution in [0.15, 0.2) is 40.9 Å². The molecule has 184 valence electrons. The molecular weight excluding hydrogens is 559 g/mol. The summed E-state index contributed by atoms with van der Waals surface area (Å²) in [6.07, 6.45) is 0.709. The van der Waals surface area contributed by atoms with Crippen LogP contribution in [0, 0.1) is 25.7 Å². The monoisotopic (exact) mass is 580 g/mol. The van der Waals surface area contributed by atoms with Crippen LogP contribution >= 0.6 is 39.1 Å². The number of ether oxygens (including phenoxy) is 1. The van der Waals surface area contributed by atoms with Crippen LogP contribution in [0.5, 0.6) is 0 Å². The number of aryl methyl sites for hydroxylation is 2. The summed E-state index contributed by atoms with van der Waals surface area (Å²) >= 11 is 15.9. The van der Waals surface area contributed by atoms with Gasteiger partial charge in [0.2, 0.25) is 11.8 Å². The first kappa shape index (κ1) is 25.7. The third-order valence-electron chi connectivity index (χ3n) is 6.39. The molecule has 1 aliphatic carbocycles. The molecule has 1 aliphatic heterocycles. The number of nitrogens with one attached hydrogen (secondary N) is 1. The molecular formula is C25H23BrCl2N2O5. The minimum absolute atomic E-state index is 0.190. The maximum atomic E-state index is 12.9. The number of anilines is 2. The summed E-state index contributed by atoms with van der Waals surface area (Å²) in [7, 11) is 0. The fourth-order valence-corrected chi connectivity index (χ4v) is 5.46. The van der Waals surface area contributed by atoms with E-state index in [9.17, 15) is 19.2 Å². The van der Waals surface area contributed by atoms with Gasteiger partial charge >= 0.3 is 5.97 Å². The Balaban J connectivity index is 1.37. The Kier molecular flexibility index (Phi) is 7.54. The second kappa shape index (κ2) is 10.3. The lowest BCUT2D eigenvalue weighted by Crippen LogP contribution is -2.34. The smallest absolute Gasteiger partial charge is 0.338 e. The highest BCUT2D eigenvalue weighted by Gasteiger charge is 2.52. The summed E-state index contributed by atoms with van der Waals surface area (Å²) in [5.41, 5.74) is 3.02. The van der Waals surface area contributed by atoms with Crippen molar-refractivity contribution >= 4 is 74.2 Å². The van der Waals surface area contributed by atoms with Crippen molar-refractivity contribution in [2.45, 2.75) is 37.4 Å². The van der Waals surface area contributed by atoms with Crippen molar-refractivity contribution < 1.29 is 23.9 Å². The number of alkyl halides is 2. The number of halogens is 3. The van der Waals surface area contributed by atoms with Gasteiger partial charge in [-0.2, -0.15) is 0 Å². The molecule has 10 heteroatoms. The molecule has 7 nitrogen and oxygen atoms in total. The molecule has 0 spiro atoms. The number of nitrogens with zero attached hydrogens (tertiary/aromatic N) is 1. The lowest BCUT2D eigenvalue weighted by molar-refractivity contribution is -0.122. The van der Waals surface area contributed by atoms with Gasteiger partial charge in [0.15, 0.2) is 6.61 Å². The van der Waals surface area contributed by atoms with E-state index in [1.54, 1.807) is 0 Å². The SMILES string of the molecule is Cc1cc(NC(=O)COC(=O)c2ccc(N3C(=O)[C@H]4C[C@H](Cl)[C@@H](Cl)C[C@H]4C3=O)cc2)c(C)cc1Br. The Hall–Kier alpha value is -2.42. The molecule has 0 bridgehead atoms. The van der Waals surface area contributed by atoms with E-state index in [-0.39, 0.29) is 28.1 Å². The van der Waals surface area contributed by atoms with E-state index in [4.69, 9.17) is 27.9 Å². The first-order valence-corrected chi connectivity index (χ1v) is 12.7. The third-order valence-corrected chi connectivity index (χ3v) is 8.33. The van der Waals surface area contributed by atoms with Crippen molar-refractivity contribution in [2.24, 2.45) is 11.8 Å². The lowest BCUT2D eigenvalue weighted by atomic mass is 9.80. The van der Waals surface area contributed by atoms with Crippen LogP contribution in [0.4, 0.5) is 11.4 Å². The van der Waals surface area contributed by atoms with Crippen molar-refractivity contribution in [3.63, 3.8) is 0 Å². The average Bonchev–Trinajstić information content (AvgIpc) is 3.05. The van der Waals surface area contributed by atoms with Crippen LogP contribution < -0.4 is 10.2 Å². The van der Waals surface area contributed by atoms with Crippen LogP contribution in [-0.2, 0) is 19.1 Å². The zero-order chi connectivity index (χ0) is 25.4.